The van der Waals surface area contributed by atoms with Crippen LogP contribution in [0.15, 0.2) is 77.4 Å². The summed E-state index contributed by atoms with van der Waals surface area (Å²) in [7, 11) is 0. The van der Waals surface area contributed by atoms with Crippen LogP contribution in [-0.2, 0) is 0 Å². The Labute approximate surface area is 233 Å². The smallest absolute Gasteiger partial charge is 0.210 e. The Hall–Kier alpha value is -2.96. The molecule has 0 fully saturated rings. The summed E-state index contributed by atoms with van der Waals surface area (Å²) in [5, 5.41) is 0. The first-order valence-electron chi connectivity index (χ1n) is 13.6. The van der Waals surface area contributed by atoms with E-state index < -0.39 is 0 Å². The monoisotopic (exact) mass is 578 g/mol. The summed E-state index contributed by atoms with van der Waals surface area (Å²) in [5.74, 6) is 0.318. The fourth-order valence-electron chi connectivity index (χ4n) is 4.67. The molecule has 6 heteroatoms. The van der Waals surface area contributed by atoms with Crippen molar-refractivity contribution in [2.24, 2.45) is 0 Å². The van der Waals surface area contributed by atoms with Crippen LogP contribution in [0, 0.1) is 5.82 Å². The standard InChI is InChI=1S/C32H36BrFN2O2/c1-3-5-17-35(18-6-4-2)19-9-21-38-30-16-13-25(22-29(30)33)32(37)31-28(24-11-14-26(34)15-12-24)23-27-10-7-8-20-36(27)31/h7-8,10-16,20,22-23H,3-6,9,17-19,21H2,1-2H3. The van der Waals surface area contributed by atoms with E-state index in [1.54, 1.807) is 12.1 Å². The van der Waals surface area contributed by atoms with Crippen LogP contribution in [0.2, 0.25) is 0 Å². The van der Waals surface area contributed by atoms with Gasteiger partial charge >= 0.3 is 0 Å². The molecule has 0 aliphatic heterocycles. The molecule has 0 bridgehead atoms. The number of fused-ring (bicyclic) bond motifs is 1. The molecule has 0 N–H and O–H groups in total. The first-order valence-corrected chi connectivity index (χ1v) is 14.4. The summed E-state index contributed by atoms with van der Waals surface area (Å²) in [6.07, 6.45) is 7.71. The van der Waals surface area contributed by atoms with Crippen LogP contribution < -0.4 is 4.74 Å². The van der Waals surface area contributed by atoms with Gasteiger partial charge in [-0.2, -0.15) is 0 Å². The van der Waals surface area contributed by atoms with Crippen molar-refractivity contribution in [2.45, 2.75) is 46.0 Å². The molecule has 2 aromatic carbocycles. The Bertz CT molecular complexity index is 1340. The lowest BCUT2D eigenvalue weighted by atomic mass is 10.00. The van der Waals surface area contributed by atoms with Gasteiger partial charge in [-0.1, -0.05) is 44.9 Å². The number of pyridine rings is 1. The van der Waals surface area contributed by atoms with Gasteiger partial charge in [-0.25, -0.2) is 4.39 Å². The van der Waals surface area contributed by atoms with E-state index in [9.17, 15) is 9.18 Å². The van der Waals surface area contributed by atoms with Crippen LogP contribution >= 0.6 is 15.9 Å². The molecule has 4 rings (SSSR count). The van der Waals surface area contributed by atoms with Crippen molar-refractivity contribution in [3.8, 4) is 16.9 Å². The molecule has 200 valence electrons. The molecular weight excluding hydrogens is 543 g/mol. The number of carbonyl (C=O) groups is 1. The molecule has 0 aliphatic carbocycles. The highest BCUT2D eigenvalue weighted by molar-refractivity contribution is 9.10. The van der Waals surface area contributed by atoms with Crippen molar-refractivity contribution in [3.05, 3.63) is 94.5 Å². The number of carbonyl (C=O) groups excluding carboxylic acids is 1. The first kappa shape index (κ1) is 28.1. The quantitative estimate of drug-likeness (QED) is 0.111. The molecule has 2 heterocycles. The Morgan fingerprint density at radius 2 is 1.63 bits per heavy atom. The van der Waals surface area contributed by atoms with E-state index in [0.717, 1.165) is 52.9 Å². The number of hydrogen-bond acceptors (Lipinski definition) is 3. The molecule has 0 saturated carbocycles. The number of unbranched alkanes of at least 4 members (excludes halogenated alkanes) is 2. The van der Waals surface area contributed by atoms with E-state index in [0.29, 0.717) is 17.9 Å². The van der Waals surface area contributed by atoms with Gasteiger partial charge in [0.2, 0.25) is 5.78 Å². The fraction of sp³-hybridized carbons (Fsp3) is 0.344. The number of ether oxygens (including phenoxy) is 1. The number of nitrogens with zero attached hydrogens (tertiary/aromatic N) is 2. The van der Waals surface area contributed by atoms with Crippen molar-refractivity contribution in [3.63, 3.8) is 0 Å². The van der Waals surface area contributed by atoms with E-state index in [2.05, 4.69) is 34.7 Å². The van der Waals surface area contributed by atoms with Crippen molar-refractivity contribution in [1.29, 1.82) is 0 Å². The van der Waals surface area contributed by atoms with E-state index in [-0.39, 0.29) is 11.6 Å². The Morgan fingerprint density at radius 1 is 0.921 bits per heavy atom. The summed E-state index contributed by atoms with van der Waals surface area (Å²) >= 11 is 3.61. The summed E-state index contributed by atoms with van der Waals surface area (Å²) < 4.78 is 22.3. The average Bonchev–Trinajstić information content (AvgIpc) is 3.32. The summed E-state index contributed by atoms with van der Waals surface area (Å²) in [5.41, 5.74) is 3.58. The molecule has 0 atom stereocenters. The number of hydrogen-bond donors (Lipinski definition) is 0. The van der Waals surface area contributed by atoms with Gasteiger partial charge in [0.25, 0.3) is 0 Å². The van der Waals surface area contributed by atoms with Gasteiger partial charge in [-0.3, -0.25) is 4.79 Å². The average molecular weight is 580 g/mol. The largest absolute Gasteiger partial charge is 0.492 e. The molecule has 0 spiro atoms. The van der Waals surface area contributed by atoms with Crippen LogP contribution in [0.3, 0.4) is 0 Å². The second kappa shape index (κ2) is 13.7. The normalized spacial score (nSPS) is 11.4. The molecule has 0 unspecified atom stereocenters. The molecule has 2 aromatic heterocycles. The number of ketones is 1. The molecule has 0 radical (unpaired) electrons. The lowest BCUT2D eigenvalue weighted by Crippen LogP contribution is -2.28. The van der Waals surface area contributed by atoms with Gasteiger partial charge in [0.05, 0.1) is 11.1 Å². The minimum atomic E-state index is -0.306. The fourth-order valence-corrected chi connectivity index (χ4v) is 5.16. The Balaban J connectivity index is 1.48. The summed E-state index contributed by atoms with van der Waals surface area (Å²) in [4.78, 5) is 16.3. The van der Waals surface area contributed by atoms with E-state index in [1.165, 1.54) is 37.8 Å². The van der Waals surface area contributed by atoms with Gasteiger partial charge in [0.1, 0.15) is 17.3 Å². The van der Waals surface area contributed by atoms with Crippen LogP contribution in [0.4, 0.5) is 4.39 Å². The van der Waals surface area contributed by atoms with Gasteiger partial charge in [0, 0.05) is 29.4 Å². The number of rotatable bonds is 14. The molecule has 4 aromatic rings. The predicted octanol–water partition coefficient (Wildman–Crippen LogP) is 8.41. The lowest BCUT2D eigenvalue weighted by molar-refractivity contribution is 0.103. The third-order valence-corrected chi connectivity index (χ3v) is 7.40. The SMILES string of the molecule is CCCCN(CCCC)CCCOc1ccc(C(=O)c2c(-c3ccc(F)cc3)cc3ccccn23)cc1Br. The van der Waals surface area contributed by atoms with Crippen molar-refractivity contribution in [2.75, 3.05) is 26.2 Å². The molecule has 0 amide bonds. The van der Waals surface area contributed by atoms with Gasteiger partial charge in [0.15, 0.2) is 0 Å². The molecular formula is C32H36BrFN2O2. The van der Waals surface area contributed by atoms with Crippen molar-refractivity contribution < 1.29 is 13.9 Å². The number of halogens is 2. The maximum absolute atomic E-state index is 13.8. The maximum Gasteiger partial charge on any atom is 0.210 e. The molecule has 0 aliphatic rings. The number of benzene rings is 2. The summed E-state index contributed by atoms with van der Waals surface area (Å²) in [6, 6.07) is 19.5. The second-order valence-corrected chi connectivity index (χ2v) is 10.5. The predicted molar refractivity (Wildman–Crippen MR) is 157 cm³/mol. The zero-order valence-electron chi connectivity index (χ0n) is 22.3. The van der Waals surface area contributed by atoms with Gasteiger partial charge in [-0.05, 0) is 102 Å². The van der Waals surface area contributed by atoms with Crippen LogP contribution in [0.1, 0.15) is 62.0 Å². The summed E-state index contributed by atoms with van der Waals surface area (Å²) in [6.45, 7) is 8.40. The van der Waals surface area contributed by atoms with E-state index in [4.69, 9.17) is 4.74 Å². The highest BCUT2D eigenvalue weighted by Crippen LogP contribution is 2.32. The topological polar surface area (TPSA) is 34.0 Å². The third kappa shape index (κ3) is 6.91. The van der Waals surface area contributed by atoms with E-state index in [1.807, 2.05) is 53.1 Å². The minimum Gasteiger partial charge on any atom is -0.492 e. The first-order chi connectivity index (χ1) is 18.5. The zero-order valence-corrected chi connectivity index (χ0v) is 23.8. The highest BCUT2D eigenvalue weighted by atomic mass is 79.9. The van der Waals surface area contributed by atoms with Crippen molar-refractivity contribution in [1.82, 2.24) is 9.30 Å². The third-order valence-electron chi connectivity index (χ3n) is 6.78. The second-order valence-electron chi connectivity index (χ2n) is 9.63. The van der Waals surface area contributed by atoms with E-state index >= 15 is 0 Å². The molecule has 38 heavy (non-hydrogen) atoms. The zero-order chi connectivity index (χ0) is 26.9. The molecule has 0 saturated heterocycles. The number of aromatic nitrogens is 1. The minimum absolute atomic E-state index is 0.106. The van der Waals surface area contributed by atoms with Gasteiger partial charge in [-0.15, -0.1) is 0 Å². The Kier molecular flexibility index (Phi) is 10.1. The maximum atomic E-state index is 13.8. The van der Waals surface area contributed by atoms with Crippen LogP contribution in [0.25, 0.3) is 16.6 Å². The highest BCUT2D eigenvalue weighted by Gasteiger charge is 2.21. The lowest BCUT2D eigenvalue weighted by Gasteiger charge is -2.22. The van der Waals surface area contributed by atoms with Crippen molar-refractivity contribution >= 4 is 27.2 Å². The van der Waals surface area contributed by atoms with Crippen LogP contribution in [-0.4, -0.2) is 41.3 Å². The molecule has 4 nitrogen and oxygen atoms in total. The Morgan fingerprint density at radius 3 is 2.32 bits per heavy atom. The van der Waals surface area contributed by atoms with Gasteiger partial charge < -0.3 is 14.0 Å². The van der Waals surface area contributed by atoms with Crippen LogP contribution in [0.5, 0.6) is 5.75 Å².